The number of benzene rings is 1. The van der Waals surface area contributed by atoms with E-state index in [1.54, 1.807) is 28.8 Å². The maximum absolute atomic E-state index is 12.3. The lowest BCUT2D eigenvalue weighted by molar-refractivity contribution is -0.264. The third-order valence-corrected chi connectivity index (χ3v) is 4.07. The van der Waals surface area contributed by atoms with E-state index in [1.807, 2.05) is 6.07 Å². The Labute approximate surface area is 141 Å². The number of ether oxygens (including phenoxy) is 1. The summed E-state index contributed by atoms with van der Waals surface area (Å²) < 4.78 is 6.97. The Hall–Kier alpha value is -2.88. The summed E-state index contributed by atoms with van der Waals surface area (Å²) in [6.07, 6.45) is 0.588. The van der Waals surface area contributed by atoms with Crippen molar-refractivity contribution in [3.05, 3.63) is 48.5 Å². The zero-order chi connectivity index (χ0) is 17.4. The molecule has 0 spiro atoms. The van der Waals surface area contributed by atoms with Gasteiger partial charge in [-0.3, -0.25) is 9.36 Å². The molecule has 25 heavy (non-hydrogen) atoms. The molecule has 2 aromatic heterocycles. The highest BCUT2D eigenvalue weighted by atomic mass is 16.6. The summed E-state index contributed by atoms with van der Waals surface area (Å²) in [6, 6.07) is 8.75. The number of imidazole rings is 1. The number of anilines is 1. The Balaban J connectivity index is 1.63. The SMILES string of the molecule is O=C(Nc1ncnc2c1ncn2[C@@H]1O[C@H](CO)[C@H]1O)c1ccccc1. The summed E-state index contributed by atoms with van der Waals surface area (Å²) in [5.74, 6) is -0.0412. The topological polar surface area (TPSA) is 122 Å². The molecule has 3 heterocycles. The number of nitrogens with one attached hydrogen (secondary N) is 1. The Morgan fingerprint density at radius 3 is 2.76 bits per heavy atom. The zero-order valence-electron chi connectivity index (χ0n) is 13.0. The molecule has 3 aromatic rings. The van der Waals surface area contributed by atoms with E-state index in [0.717, 1.165) is 0 Å². The van der Waals surface area contributed by atoms with Gasteiger partial charge < -0.3 is 20.3 Å². The number of carbonyl (C=O) groups is 1. The molecule has 3 N–H and O–H groups in total. The number of hydrogen-bond donors (Lipinski definition) is 3. The zero-order valence-corrected chi connectivity index (χ0v) is 13.0. The molecule has 1 aliphatic heterocycles. The quantitative estimate of drug-likeness (QED) is 0.625. The van der Waals surface area contributed by atoms with Crippen LogP contribution in [0.15, 0.2) is 43.0 Å². The predicted molar refractivity (Wildman–Crippen MR) is 86.7 cm³/mol. The normalized spacial score (nSPS) is 22.6. The lowest BCUT2D eigenvalue weighted by atomic mass is 10.1. The second-order valence-corrected chi connectivity index (χ2v) is 5.60. The third-order valence-electron chi connectivity index (χ3n) is 4.07. The van der Waals surface area contributed by atoms with Gasteiger partial charge in [-0.05, 0) is 12.1 Å². The fraction of sp³-hybridized carbons (Fsp3) is 0.250. The van der Waals surface area contributed by atoms with E-state index in [2.05, 4.69) is 20.3 Å². The van der Waals surface area contributed by atoms with Gasteiger partial charge in [-0.1, -0.05) is 18.2 Å². The number of carbonyl (C=O) groups excluding carboxylic acids is 1. The summed E-state index contributed by atoms with van der Waals surface area (Å²) in [4.78, 5) is 24.8. The Bertz CT molecular complexity index is 913. The second kappa shape index (κ2) is 6.20. The van der Waals surface area contributed by atoms with Gasteiger partial charge in [0, 0.05) is 5.56 Å². The number of amides is 1. The molecule has 1 aromatic carbocycles. The van der Waals surface area contributed by atoms with Crippen molar-refractivity contribution in [2.24, 2.45) is 0 Å². The smallest absolute Gasteiger partial charge is 0.256 e. The first-order chi connectivity index (χ1) is 12.2. The molecular weight excluding hydrogens is 326 g/mol. The molecule has 9 heteroatoms. The van der Waals surface area contributed by atoms with Crippen LogP contribution in [0.3, 0.4) is 0 Å². The van der Waals surface area contributed by atoms with E-state index in [-0.39, 0.29) is 18.3 Å². The van der Waals surface area contributed by atoms with E-state index in [0.29, 0.717) is 16.7 Å². The highest BCUT2D eigenvalue weighted by Gasteiger charge is 2.42. The van der Waals surface area contributed by atoms with Gasteiger partial charge in [0.1, 0.15) is 18.5 Å². The molecule has 0 saturated carbocycles. The van der Waals surface area contributed by atoms with Gasteiger partial charge in [-0.15, -0.1) is 0 Å². The molecular formula is C16H15N5O4. The van der Waals surface area contributed by atoms with Crippen LogP contribution in [0.2, 0.25) is 0 Å². The predicted octanol–water partition coefficient (Wildman–Crippen LogP) is 0.329. The number of aromatic nitrogens is 4. The van der Waals surface area contributed by atoms with Gasteiger partial charge >= 0.3 is 0 Å². The van der Waals surface area contributed by atoms with Crippen molar-refractivity contribution >= 4 is 22.9 Å². The highest BCUT2D eigenvalue weighted by Crippen LogP contribution is 2.33. The lowest BCUT2D eigenvalue weighted by Gasteiger charge is -2.40. The fourth-order valence-corrected chi connectivity index (χ4v) is 2.71. The van der Waals surface area contributed by atoms with E-state index >= 15 is 0 Å². The average Bonchev–Trinajstić information content (AvgIpc) is 3.06. The summed E-state index contributed by atoms with van der Waals surface area (Å²) in [7, 11) is 0. The van der Waals surface area contributed by atoms with E-state index < -0.39 is 18.4 Å². The molecule has 128 valence electrons. The van der Waals surface area contributed by atoms with Crippen LogP contribution in [0.5, 0.6) is 0 Å². The van der Waals surface area contributed by atoms with Crippen molar-refractivity contribution in [3.8, 4) is 0 Å². The van der Waals surface area contributed by atoms with Crippen LogP contribution < -0.4 is 5.32 Å². The van der Waals surface area contributed by atoms with Gasteiger partial charge in [0.25, 0.3) is 5.91 Å². The minimum Gasteiger partial charge on any atom is -0.394 e. The van der Waals surface area contributed by atoms with Gasteiger partial charge in [0.05, 0.1) is 12.9 Å². The summed E-state index contributed by atoms with van der Waals surface area (Å²) >= 11 is 0. The van der Waals surface area contributed by atoms with Crippen molar-refractivity contribution in [1.29, 1.82) is 0 Å². The Kier molecular flexibility index (Phi) is 3.88. The summed E-state index contributed by atoms with van der Waals surface area (Å²) in [5, 5.41) is 21.8. The second-order valence-electron chi connectivity index (χ2n) is 5.60. The molecule has 0 bridgehead atoms. The van der Waals surface area contributed by atoms with Crippen LogP contribution >= 0.6 is 0 Å². The van der Waals surface area contributed by atoms with E-state index in [9.17, 15) is 9.90 Å². The molecule has 0 radical (unpaired) electrons. The van der Waals surface area contributed by atoms with Crippen molar-refractivity contribution in [2.75, 3.05) is 11.9 Å². The molecule has 0 unspecified atom stereocenters. The fourth-order valence-electron chi connectivity index (χ4n) is 2.71. The molecule has 0 aliphatic carbocycles. The minimum absolute atomic E-state index is 0.266. The number of rotatable bonds is 4. The summed E-state index contributed by atoms with van der Waals surface area (Å²) in [5.41, 5.74) is 1.30. The number of fused-ring (bicyclic) bond motifs is 1. The van der Waals surface area contributed by atoms with Crippen LogP contribution in [0, 0.1) is 0 Å². The molecule has 1 amide bonds. The van der Waals surface area contributed by atoms with Gasteiger partial charge in [0.15, 0.2) is 23.2 Å². The number of nitrogens with zero attached hydrogens (tertiary/aromatic N) is 4. The van der Waals surface area contributed by atoms with Crippen molar-refractivity contribution in [2.45, 2.75) is 18.4 Å². The first-order valence-electron chi connectivity index (χ1n) is 7.67. The summed E-state index contributed by atoms with van der Waals surface area (Å²) in [6.45, 7) is -0.266. The van der Waals surface area contributed by atoms with Gasteiger partial charge in [-0.25, -0.2) is 15.0 Å². The minimum atomic E-state index is -0.861. The van der Waals surface area contributed by atoms with Crippen molar-refractivity contribution in [3.63, 3.8) is 0 Å². The number of aliphatic hydroxyl groups excluding tert-OH is 2. The lowest BCUT2D eigenvalue weighted by Crippen LogP contribution is -2.52. The van der Waals surface area contributed by atoms with Crippen LogP contribution in [-0.4, -0.2) is 54.5 Å². The third kappa shape index (κ3) is 2.64. The maximum atomic E-state index is 12.3. The van der Waals surface area contributed by atoms with Crippen LogP contribution in [0.4, 0.5) is 5.82 Å². The largest absolute Gasteiger partial charge is 0.394 e. The average molecular weight is 341 g/mol. The van der Waals surface area contributed by atoms with Crippen LogP contribution in [0.1, 0.15) is 16.6 Å². The molecule has 1 saturated heterocycles. The first kappa shape index (κ1) is 15.6. The Morgan fingerprint density at radius 1 is 1.24 bits per heavy atom. The number of hydrogen-bond acceptors (Lipinski definition) is 7. The molecule has 4 rings (SSSR count). The number of aliphatic hydroxyl groups is 2. The molecule has 1 fully saturated rings. The molecule has 3 atom stereocenters. The maximum Gasteiger partial charge on any atom is 0.256 e. The molecule has 9 nitrogen and oxygen atoms in total. The van der Waals surface area contributed by atoms with Crippen molar-refractivity contribution < 1.29 is 19.7 Å². The van der Waals surface area contributed by atoms with E-state index in [1.165, 1.54) is 12.7 Å². The van der Waals surface area contributed by atoms with Crippen LogP contribution in [0.25, 0.3) is 11.2 Å². The highest BCUT2D eigenvalue weighted by molar-refractivity contribution is 6.06. The van der Waals surface area contributed by atoms with Crippen LogP contribution in [-0.2, 0) is 4.74 Å². The molecule has 1 aliphatic rings. The first-order valence-corrected chi connectivity index (χ1v) is 7.67. The monoisotopic (exact) mass is 341 g/mol. The van der Waals surface area contributed by atoms with Gasteiger partial charge in [0.2, 0.25) is 0 Å². The van der Waals surface area contributed by atoms with Crippen molar-refractivity contribution in [1.82, 2.24) is 19.5 Å². The van der Waals surface area contributed by atoms with Gasteiger partial charge in [-0.2, -0.15) is 0 Å². The standard InChI is InChI=1S/C16H15N5O4/c22-6-10-12(23)16(25-10)21-8-19-11-13(17-7-18-14(11)21)20-15(24)9-4-2-1-3-5-9/h1-5,7-8,10,12,16,22-23H,6H2,(H,17,18,20,24)/t10-,12-,16-/m1/s1. The Morgan fingerprint density at radius 2 is 2.04 bits per heavy atom. The van der Waals surface area contributed by atoms with E-state index in [4.69, 9.17) is 9.84 Å².